The Morgan fingerprint density at radius 2 is 1.84 bits per heavy atom. The Balaban J connectivity index is 1.04. The van der Waals surface area contributed by atoms with Crippen molar-refractivity contribution >= 4 is 23.9 Å². The van der Waals surface area contributed by atoms with Crippen LogP contribution in [-0.2, 0) is 11.3 Å². The number of esters is 1. The summed E-state index contributed by atoms with van der Waals surface area (Å²) in [6.45, 7) is 2.27. The van der Waals surface area contributed by atoms with Crippen LogP contribution >= 0.6 is 0 Å². The van der Waals surface area contributed by atoms with E-state index >= 15 is 0 Å². The average Bonchev–Trinajstić information content (AvgIpc) is 3.75. The Labute approximate surface area is 247 Å². The normalized spacial score (nSPS) is 26.3. The molecule has 1 saturated heterocycles. The van der Waals surface area contributed by atoms with Gasteiger partial charge in [-0.3, -0.25) is 14.5 Å². The summed E-state index contributed by atoms with van der Waals surface area (Å²) >= 11 is 0. The molecule has 4 saturated carbocycles. The van der Waals surface area contributed by atoms with Crippen molar-refractivity contribution in [3.8, 4) is 17.3 Å². The van der Waals surface area contributed by atoms with Crippen molar-refractivity contribution in [2.45, 2.75) is 51.5 Å². The zero-order valence-corrected chi connectivity index (χ0v) is 24.0. The number of aromatic nitrogens is 5. The van der Waals surface area contributed by atoms with Crippen molar-refractivity contribution in [1.29, 1.82) is 0 Å². The minimum atomic E-state index is -0.550. The second-order valence-corrected chi connectivity index (χ2v) is 12.2. The predicted octanol–water partition coefficient (Wildman–Crippen LogP) is 2.58. The number of hydrogen-bond donors (Lipinski definition) is 2. The second kappa shape index (κ2) is 11.4. The molecule has 4 aliphatic carbocycles. The topological polar surface area (TPSA) is 176 Å². The predicted molar refractivity (Wildman–Crippen MR) is 152 cm³/mol. The number of nitrogens with one attached hydrogen (secondary N) is 1. The molecule has 8 rings (SSSR count). The molecule has 5 fully saturated rings. The number of anilines is 1. The summed E-state index contributed by atoms with van der Waals surface area (Å²) in [4.78, 5) is 28.8. The lowest BCUT2D eigenvalue weighted by Crippen LogP contribution is -2.49. The van der Waals surface area contributed by atoms with Gasteiger partial charge >= 0.3 is 5.97 Å². The summed E-state index contributed by atoms with van der Waals surface area (Å²) in [7, 11) is 1.53. The van der Waals surface area contributed by atoms with Gasteiger partial charge < -0.3 is 15.2 Å². The largest absolute Gasteiger partial charge is 0.493 e. The van der Waals surface area contributed by atoms with Gasteiger partial charge in [-0.1, -0.05) is 5.21 Å². The highest BCUT2D eigenvalue weighted by Gasteiger charge is 2.51. The van der Waals surface area contributed by atoms with Crippen LogP contribution in [0.2, 0.25) is 0 Å². The number of nitrogens with two attached hydrogens (primary N) is 1. The number of carbonyl (C=O) groups is 2. The molecule has 5 aliphatic rings. The van der Waals surface area contributed by atoms with Gasteiger partial charge in [0.05, 0.1) is 19.2 Å². The summed E-state index contributed by atoms with van der Waals surface area (Å²) in [5.74, 6) is 2.54. The number of nitrogens with zero attached hydrogens (tertiary/aromatic N) is 7. The first-order valence-corrected chi connectivity index (χ1v) is 14.9. The summed E-state index contributed by atoms with van der Waals surface area (Å²) < 4.78 is 17.4. The van der Waals surface area contributed by atoms with Crippen LogP contribution < -0.4 is 20.6 Å². The van der Waals surface area contributed by atoms with Crippen LogP contribution in [0.4, 0.5) is 5.82 Å². The third kappa shape index (κ3) is 5.35. The Morgan fingerprint density at radius 3 is 2.51 bits per heavy atom. The van der Waals surface area contributed by atoms with E-state index in [0.717, 1.165) is 63.5 Å². The van der Waals surface area contributed by atoms with Crippen molar-refractivity contribution < 1.29 is 23.7 Å². The highest BCUT2D eigenvalue weighted by molar-refractivity contribution is 5.95. The number of likely N-dealkylation sites (tertiary alicyclic amines) is 1. The molecule has 14 heteroatoms. The van der Waals surface area contributed by atoms with E-state index in [9.17, 15) is 9.59 Å². The van der Waals surface area contributed by atoms with Crippen molar-refractivity contribution in [3.63, 3.8) is 0 Å². The van der Waals surface area contributed by atoms with Crippen LogP contribution in [0.25, 0.3) is 5.82 Å². The third-order valence-electron chi connectivity index (χ3n) is 9.50. The van der Waals surface area contributed by atoms with E-state index in [2.05, 4.69) is 36.1 Å². The van der Waals surface area contributed by atoms with Gasteiger partial charge in [-0.05, 0) is 116 Å². The van der Waals surface area contributed by atoms with Gasteiger partial charge in [-0.2, -0.15) is 9.78 Å². The Hall–Kier alpha value is -4.33. The Kier molecular flexibility index (Phi) is 7.29. The maximum absolute atomic E-state index is 13.3. The summed E-state index contributed by atoms with van der Waals surface area (Å²) in [6, 6.07) is 5.16. The molecular formula is C29H35N9O5. The van der Waals surface area contributed by atoms with Crippen LogP contribution in [0.5, 0.6) is 11.5 Å². The minimum absolute atomic E-state index is 0.0219. The van der Waals surface area contributed by atoms with Crippen molar-refractivity contribution in [2.75, 3.05) is 25.9 Å². The molecule has 3 N–H and O–H groups in total. The van der Waals surface area contributed by atoms with E-state index in [0.29, 0.717) is 41.1 Å². The second-order valence-electron chi connectivity index (χ2n) is 12.2. The van der Waals surface area contributed by atoms with Crippen LogP contribution in [-0.4, -0.2) is 68.5 Å². The van der Waals surface area contributed by atoms with E-state index < -0.39 is 5.91 Å². The first-order valence-electron chi connectivity index (χ1n) is 14.9. The summed E-state index contributed by atoms with van der Waals surface area (Å²) in [5, 5.41) is 19.8. The van der Waals surface area contributed by atoms with E-state index in [4.69, 9.17) is 19.8 Å². The standard InChI is InChI=1S/C29H35N9O5/c1-41-23-13-16(4-5-22(23)42-29(40)24-19-9-17-8-18(11-19)12-20(24)10-17)14-31-33-28(39)25-21(15-37-6-2-3-7-37)32-36-38(25)27-26(30)34-43-35-27/h4-5,13-14,17-20,24H,2-3,6-12,15H2,1H3,(H2,30,34)(H,33,39)/b31-14-. The van der Waals surface area contributed by atoms with E-state index in [1.165, 1.54) is 24.4 Å². The third-order valence-corrected chi connectivity index (χ3v) is 9.50. The van der Waals surface area contributed by atoms with Crippen molar-refractivity contribution in [3.05, 3.63) is 35.2 Å². The van der Waals surface area contributed by atoms with Gasteiger partial charge in [0, 0.05) is 6.54 Å². The number of rotatable bonds is 9. The van der Waals surface area contributed by atoms with Crippen molar-refractivity contribution in [1.82, 2.24) is 35.6 Å². The molecule has 0 atom stereocenters. The van der Waals surface area contributed by atoms with Crippen LogP contribution in [0.3, 0.4) is 0 Å². The summed E-state index contributed by atoms with van der Waals surface area (Å²) in [5.41, 5.74) is 9.64. The number of nitrogen functional groups attached to an aromatic ring is 1. The van der Waals surface area contributed by atoms with Crippen LogP contribution in [0, 0.1) is 29.6 Å². The van der Waals surface area contributed by atoms with Gasteiger partial charge in [0.2, 0.25) is 11.6 Å². The number of benzene rings is 1. The van der Waals surface area contributed by atoms with Gasteiger partial charge in [-0.15, -0.1) is 5.10 Å². The zero-order chi connectivity index (χ0) is 29.5. The molecular weight excluding hydrogens is 554 g/mol. The lowest BCUT2D eigenvalue weighted by atomic mass is 9.52. The van der Waals surface area contributed by atoms with Gasteiger partial charge in [0.15, 0.2) is 17.2 Å². The molecule has 0 spiro atoms. The molecule has 1 amide bonds. The molecule has 14 nitrogen and oxygen atoms in total. The van der Waals surface area contributed by atoms with Gasteiger partial charge in [0.1, 0.15) is 5.69 Å². The maximum atomic E-state index is 13.3. The summed E-state index contributed by atoms with van der Waals surface area (Å²) in [6.07, 6.45) is 9.56. The smallest absolute Gasteiger partial charge is 0.315 e. The highest BCUT2D eigenvalue weighted by Crippen LogP contribution is 2.56. The molecule has 3 heterocycles. The Bertz CT molecular complexity index is 1510. The van der Waals surface area contributed by atoms with Gasteiger partial charge in [-0.25, -0.2) is 10.1 Å². The molecule has 2 aromatic heterocycles. The molecule has 1 aliphatic heterocycles. The molecule has 0 unspecified atom stereocenters. The molecule has 43 heavy (non-hydrogen) atoms. The first-order chi connectivity index (χ1) is 21.0. The van der Waals surface area contributed by atoms with Gasteiger partial charge in [0.25, 0.3) is 5.91 Å². The number of amides is 1. The lowest BCUT2D eigenvalue weighted by molar-refractivity contribution is -0.152. The van der Waals surface area contributed by atoms with E-state index in [1.807, 2.05) is 0 Å². The highest BCUT2D eigenvalue weighted by atomic mass is 16.6. The lowest BCUT2D eigenvalue weighted by Gasteiger charge is -2.53. The number of ether oxygens (including phenoxy) is 2. The van der Waals surface area contributed by atoms with Crippen LogP contribution in [0.15, 0.2) is 27.9 Å². The zero-order valence-electron chi connectivity index (χ0n) is 24.0. The fourth-order valence-electron chi connectivity index (χ4n) is 7.84. The number of methoxy groups -OCH3 is 1. The van der Waals surface area contributed by atoms with Crippen molar-refractivity contribution in [2.24, 2.45) is 34.7 Å². The maximum Gasteiger partial charge on any atom is 0.315 e. The number of hydrazone groups is 1. The number of carbonyl (C=O) groups excluding carboxylic acids is 2. The molecule has 4 bridgehead atoms. The number of hydrogen-bond acceptors (Lipinski definition) is 12. The molecule has 3 aromatic rings. The van der Waals surface area contributed by atoms with E-state index in [1.54, 1.807) is 18.2 Å². The Morgan fingerprint density at radius 1 is 1.09 bits per heavy atom. The fraction of sp³-hybridized carbons (Fsp3) is 0.552. The monoisotopic (exact) mass is 589 g/mol. The molecule has 0 radical (unpaired) electrons. The fourth-order valence-corrected chi connectivity index (χ4v) is 7.84. The van der Waals surface area contributed by atoms with E-state index in [-0.39, 0.29) is 29.2 Å². The average molecular weight is 590 g/mol. The molecule has 1 aromatic carbocycles. The molecule has 226 valence electrons. The first kappa shape index (κ1) is 27.5. The quantitative estimate of drug-likeness (QED) is 0.162. The minimum Gasteiger partial charge on any atom is -0.493 e. The SMILES string of the molecule is COc1cc(/C=N\NC(=O)c2c(CN3CCCC3)nnn2-c2nonc2N)ccc1OC(=O)C1C2CC3CC(C2)CC1C3. The van der Waals surface area contributed by atoms with Crippen LogP contribution in [0.1, 0.15) is 66.7 Å².